The molecular formula is C6H13N3. The molecule has 1 aliphatic heterocycles. The average molecular weight is 127 g/mol. The monoisotopic (exact) mass is 127 g/mol. The minimum atomic E-state index is 0.891. The first kappa shape index (κ1) is 6.42. The Labute approximate surface area is 55.3 Å². The van der Waals surface area contributed by atoms with Crippen molar-refractivity contribution in [2.75, 3.05) is 20.1 Å². The van der Waals surface area contributed by atoms with Crippen LogP contribution in [0.2, 0.25) is 0 Å². The first-order valence-electron chi connectivity index (χ1n) is 3.20. The molecule has 9 heavy (non-hydrogen) atoms. The standard InChI is InChI=1S/C6H13N3/c1-8-6-4-9-3-2-5(6)7/h8-9H,2-4,7H2,1H3. The molecule has 0 aliphatic carbocycles. The van der Waals surface area contributed by atoms with Crippen molar-refractivity contribution in [2.24, 2.45) is 5.73 Å². The van der Waals surface area contributed by atoms with Gasteiger partial charge < -0.3 is 16.4 Å². The van der Waals surface area contributed by atoms with Crippen molar-refractivity contribution < 1.29 is 0 Å². The zero-order valence-corrected chi connectivity index (χ0v) is 5.70. The van der Waals surface area contributed by atoms with Crippen molar-refractivity contribution >= 4 is 0 Å². The number of nitrogens with two attached hydrogens (primary N) is 1. The second kappa shape index (κ2) is 2.73. The Bertz CT molecular complexity index is 128. The van der Waals surface area contributed by atoms with Crippen LogP contribution in [0.1, 0.15) is 6.42 Å². The summed E-state index contributed by atoms with van der Waals surface area (Å²) in [5.41, 5.74) is 7.80. The fraction of sp³-hybridized carbons (Fsp3) is 0.667. The molecule has 1 heterocycles. The van der Waals surface area contributed by atoms with Crippen LogP contribution < -0.4 is 16.4 Å². The van der Waals surface area contributed by atoms with Crippen molar-refractivity contribution in [2.45, 2.75) is 6.42 Å². The van der Waals surface area contributed by atoms with Gasteiger partial charge in [-0.2, -0.15) is 0 Å². The van der Waals surface area contributed by atoms with E-state index < -0.39 is 0 Å². The number of rotatable bonds is 1. The molecule has 0 aromatic heterocycles. The third-order valence-corrected chi connectivity index (χ3v) is 1.56. The van der Waals surface area contributed by atoms with Crippen LogP contribution in [0, 0.1) is 0 Å². The molecule has 0 unspecified atom stereocenters. The summed E-state index contributed by atoms with van der Waals surface area (Å²) in [4.78, 5) is 0. The van der Waals surface area contributed by atoms with Crippen molar-refractivity contribution in [1.82, 2.24) is 10.6 Å². The van der Waals surface area contributed by atoms with Gasteiger partial charge in [0, 0.05) is 38.0 Å². The molecule has 0 bridgehead atoms. The molecule has 0 fully saturated rings. The molecule has 1 aliphatic rings. The van der Waals surface area contributed by atoms with Crippen LogP contribution in [-0.4, -0.2) is 20.1 Å². The van der Waals surface area contributed by atoms with Gasteiger partial charge in [-0.05, 0) is 0 Å². The van der Waals surface area contributed by atoms with Gasteiger partial charge in [-0.1, -0.05) is 0 Å². The van der Waals surface area contributed by atoms with Crippen LogP contribution in [-0.2, 0) is 0 Å². The maximum atomic E-state index is 5.67. The van der Waals surface area contributed by atoms with Gasteiger partial charge in [0.15, 0.2) is 0 Å². The normalized spacial score (nSPS) is 20.1. The highest BCUT2D eigenvalue weighted by Crippen LogP contribution is 2.01. The molecule has 4 N–H and O–H groups in total. The highest BCUT2D eigenvalue weighted by molar-refractivity contribution is 5.13. The van der Waals surface area contributed by atoms with E-state index in [1.165, 1.54) is 0 Å². The van der Waals surface area contributed by atoms with Gasteiger partial charge in [-0.3, -0.25) is 0 Å². The summed E-state index contributed by atoms with van der Waals surface area (Å²) >= 11 is 0. The van der Waals surface area contributed by atoms with Crippen molar-refractivity contribution in [3.63, 3.8) is 0 Å². The molecule has 0 atom stereocenters. The SMILES string of the molecule is CNC1=C(N)CCNC1. The Hall–Kier alpha value is -0.700. The van der Waals surface area contributed by atoms with Gasteiger partial charge in [-0.25, -0.2) is 0 Å². The third-order valence-electron chi connectivity index (χ3n) is 1.56. The maximum absolute atomic E-state index is 5.67. The van der Waals surface area contributed by atoms with Crippen LogP contribution >= 0.6 is 0 Å². The predicted octanol–water partition coefficient (Wildman–Crippen LogP) is -0.631. The third kappa shape index (κ3) is 1.36. The molecule has 0 aromatic carbocycles. The number of nitrogens with one attached hydrogen (secondary N) is 2. The van der Waals surface area contributed by atoms with Gasteiger partial charge in [0.25, 0.3) is 0 Å². The topological polar surface area (TPSA) is 50.1 Å². The summed E-state index contributed by atoms with van der Waals surface area (Å²) < 4.78 is 0. The summed E-state index contributed by atoms with van der Waals surface area (Å²) in [6.07, 6.45) is 0.968. The quantitative estimate of drug-likeness (QED) is 0.439. The predicted molar refractivity (Wildman–Crippen MR) is 37.8 cm³/mol. The molecule has 0 aromatic rings. The lowest BCUT2D eigenvalue weighted by molar-refractivity contribution is 0.641. The van der Waals surface area contributed by atoms with Gasteiger partial charge in [0.2, 0.25) is 0 Å². The van der Waals surface area contributed by atoms with E-state index >= 15 is 0 Å². The van der Waals surface area contributed by atoms with Crippen LogP contribution in [0.3, 0.4) is 0 Å². The summed E-state index contributed by atoms with van der Waals surface area (Å²) in [6, 6.07) is 0. The smallest absolute Gasteiger partial charge is 0.0436 e. The van der Waals surface area contributed by atoms with Gasteiger partial charge >= 0.3 is 0 Å². The molecule has 0 saturated heterocycles. The lowest BCUT2D eigenvalue weighted by atomic mass is 10.2. The van der Waals surface area contributed by atoms with Crippen molar-refractivity contribution in [3.05, 3.63) is 11.4 Å². The van der Waals surface area contributed by atoms with Gasteiger partial charge in [-0.15, -0.1) is 0 Å². The Kier molecular flexibility index (Phi) is 1.95. The van der Waals surface area contributed by atoms with E-state index in [1.807, 2.05) is 7.05 Å². The van der Waals surface area contributed by atoms with Crippen LogP contribution in [0.25, 0.3) is 0 Å². The second-order valence-electron chi connectivity index (χ2n) is 2.18. The fourth-order valence-corrected chi connectivity index (χ4v) is 0.950. The highest BCUT2D eigenvalue weighted by Gasteiger charge is 2.05. The number of likely N-dealkylation sites (N-methyl/N-ethyl adjacent to an activating group) is 1. The molecule has 52 valence electrons. The maximum Gasteiger partial charge on any atom is 0.0436 e. The molecule has 0 saturated carbocycles. The van der Waals surface area contributed by atoms with Gasteiger partial charge in [0.1, 0.15) is 0 Å². The Morgan fingerprint density at radius 3 is 2.89 bits per heavy atom. The van der Waals surface area contributed by atoms with E-state index in [4.69, 9.17) is 5.73 Å². The molecule has 0 spiro atoms. The lowest BCUT2D eigenvalue weighted by Crippen LogP contribution is -2.32. The lowest BCUT2D eigenvalue weighted by Gasteiger charge is -2.17. The Balaban J connectivity index is 2.59. The van der Waals surface area contributed by atoms with Gasteiger partial charge in [0.05, 0.1) is 0 Å². The van der Waals surface area contributed by atoms with Crippen molar-refractivity contribution in [3.8, 4) is 0 Å². The molecule has 3 nitrogen and oxygen atoms in total. The molecule has 1 rings (SSSR count). The van der Waals surface area contributed by atoms with Crippen molar-refractivity contribution in [1.29, 1.82) is 0 Å². The fourth-order valence-electron chi connectivity index (χ4n) is 0.950. The Morgan fingerprint density at radius 2 is 2.44 bits per heavy atom. The number of hydrogen-bond donors (Lipinski definition) is 3. The summed E-state index contributed by atoms with van der Waals surface area (Å²) in [6.45, 7) is 1.90. The minimum Gasteiger partial charge on any atom is -0.401 e. The summed E-state index contributed by atoms with van der Waals surface area (Å²) in [5, 5.41) is 6.26. The van der Waals surface area contributed by atoms with E-state index in [2.05, 4.69) is 10.6 Å². The number of hydrogen-bond acceptors (Lipinski definition) is 3. The van der Waals surface area contributed by atoms with E-state index in [9.17, 15) is 0 Å². The first-order valence-corrected chi connectivity index (χ1v) is 3.20. The highest BCUT2D eigenvalue weighted by atomic mass is 15.0. The van der Waals surface area contributed by atoms with Crippen LogP contribution in [0.15, 0.2) is 11.4 Å². The Morgan fingerprint density at radius 1 is 1.67 bits per heavy atom. The summed E-state index contributed by atoms with van der Waals surface area (Å²) in [7, 11) is 1.90. The van der Waals surface area contributed by atoms with E-state index in [0.29, 0.717) is 0 Å². The molecule has 0 radical (unpaired) electrons. The van der Waals surface area contributed by atoms with E-state index in [0.717, 1.165) is 30.9 Å². The largest absolute Gasteiger partial charge is 0.401 e. The van der Waals surface area contributed by atoms with E-state index in [1.54, 1.807) is 0 Å². The molecule has 3 heteroatoms. The molecular weight excluding hydrogens is 114 g/mol. The average Bonchev–Trinajstić information content (AvgIpc) is 1.89. The zero-order valence-electron chi connectivity index (χ0n) is 5.70. The van der Waals surface area contributed by atoms with Crippen LogP contribution in [0.4, 0.5) is 0 Å². The zero-order chi connectivity index (χ0) is 6.69. The summed E-state index contributed by atoms with van der Waals surface area (Å²) in [5.74, 6) is 0. The molecule has 0 amide bonds. The van der Waals surface area contributed by atoms with E-state index in [-0.39, 0.29) is 0 Å². The second-order valence-corrected chi connectivity index (χ2v) is 2.18. The minimum absolute atomic E-state index is 0.891. The van der Waals surface area contributed by atoms with Crippen LogP contribution in [0.5, 0.6) is 0 Å². The first-order chi connectivity index (χ1) is 4.34.